The Morgan fingerprint density at radius 1 is 1.50 bits per heavy atom. The summed E-state index contributed by atoms with van der Waals surface area (Å²) in [7, 11) is 0. The van der Waals surface area contributed by atoms with Crippen LogP contribution < -0.4 is 5.73 Å². The average Bonchev–Trinajstić information content (AvgIpc) is 2.04. The normalized spacial score (nSPS) is 11.8. The molecular weight excluding hydrogens is 205 g/mol. The highest BCUT2D eigenvalue weighted by Gasteiger charge is 2.19. The van der Waals surface area contributed by atoms with Gasteiger partial charge in [0.05, 0.1) is 0 Å². The van der Waals surface area contributed by atoms with Crippen LogP contribution in [0.15, 0.2) is 12.1 Å². The predicted octanol–water partition coefficient (Wildman–Crippen LogP) is 2.46. The number of hydrogen-bond acceptors (Lipinski definition) is 2. The first kappa shape index (κ1) is 11.3. The zero-order chi connectivity index (χ0) is 10.9. The monoisotopic (exact) mass is 217 g/mol. The van der Waals surface area contributed by atoms with Gasteiger partial charge in [-0.25, -0.2) is 4.39 Å². The number of rotatable bonds is 2. The van der Waals surface area contributed by atoms with Crippen LogP contribution in [0, 0.1) is 5.82 Å². The summed E-state index contributed by atoms with van der Waals surface area (Å²) in [6.07, 6.45) is 0.284. The zero-order valence-electron chi connectivity index (χ0n) is 8.14. The fraction of sp³-hybridized carbons (Fsp3) is 0.400. The second-order valence-corrected chi connectivity index (χ2v) is 4.43. The number of hydrogen-bond donors (Lipinski definition) is 2. The topological polar surface area (TPSA) is 46.2 Å². The van der Waals surface area contributed by atoms with Crippen molar-refractivity contribution in [3.8, 4) is 5.75 Å². The van der Waals surface area contributed by atoms with E-state index in [1.807, 2.05) is 0 Å². The quantitative estimate of drug-likeness (QED) is 0.800. The van der Waals surface area contributed by atoms with E-state index in [1.165, 1.54) is 12.1 Å². The molecule has 1 rings (SSSR count). The fourth-order valence-electron chi connectivity index (χ4n) is 1.20. The molecule has 0 bridgehead atoms. The standard InChI is InChI=1S/C10H13ClFNO/c1-10(2,13)5-6-7(11)3-4-8(14)9(6)12/h3-4,14H,5,13H2,1-2H3. The second-order valence-electron chi connectivity index (χ2n) is 4.02. The highest BCUT2D eigenvalue weighted by molar-refractivity contribution is 6.31. The van der Waals surface area contributed by atoms with Crippen LogP contribution >= 0.6 is 11.6 Å². The first-order chi connectivity index (χ1) is 6.31. The molecule has 0 aromatic heterocycles. The van der Waals surface area contributed by atoms with Crippen molar-refractivity contribution < 1.29 is 9.50 Å². The summed E-state index contributed by atoms with van der Waals surface area (Å²) in [6, 6.07) is 2.69. The molecule has 0 aliphatic carbocycles. The van der Waals surface area contributed by atoms with Crippen LogP contribution in [0.5, 0.6) is 5.75 Å². The van der Waals surface area contributed by atoms with Crippen molar-refractivity contribution in [3.05, 3.63) is 28.5 Å². The molecule has 78 valence electrons. The number of benzene rings is 1. The number of halogens is 2. The molecule has 0 fully saturated rings. The van der Waals surface area contributed by atoms with Crippen molar-refractivity contribution in [1.29, 1.82) is 0 Å². The average molecular weight is 218 g/mol. The Hall–Kier alpha value is -0.800. The second kappa shape index (κ2) is 3.75. The molecule has 0 radical (unpaired) electrons. The van der Waals surface area contributed by atoms with Crippen molar-refractivity contribution >= 4 is 11.6 Å². The lowest BCUT2D eigenvalue weighted by molar-refractivity contribution is 0.421. The van der Waals surface area contributed by atoms with Crippen LogP contribution in [0.25, 0.3) is 0 Å². The Labute approximate surface area is 87.5 Å². The largest absolute Gasteiger partial charge is 0.505 e. The summed E-state index contributed by atoms with van der Waals surface area (Å²) in [5.74, 6) is -1.08. The van der Waals surface area contributed by atoms with Crippen LogP contribution in [0.3, 0.4) is 0 Å². The molecule has 2 nitrogen and oxygen atoms in total. The number of phenols is 1. The van der Waals surface area contributed by atoms with Gasteiger partial charge in [0, 0.05) is 16.1 Å². The van der Waals surface area contributed by atoms with Gasteiger partial charge in [-0.15, -0.1) is 0 Å². The van der Waals surface area contributed by atoms with E-state index in [4.69, 9.17) is 22.4 Å². The summed E-state index contributed by atoms with van der Waals surface area (Å²) in [5, 5.41) is 9.44. The van der Waals surface area contributed by atoms with Crippen LogP contribution in [0.4, 0.5) is 4.39 Å². The summed E-state index contributed by atoms with van der Waals surface area (Å²) < 4.78 is 13.4. The van der Waals surface area contributed by atoms with Gasteiger partial charge in [-0.3, -0.25) is 0 Å². The first-order valence-corrected chi connectivity index (χ1v) is 4.64. The molecule has 0 aliphatic heterocycles. The summed E-state index contributed by atoms with van der Waals surface area (Å²) >= 11 is 5.80. The van der Waals surface area contributed by atoms with Crippen LogP contribution in [-0.4, -0.2) is 10.6 Å². The van der Waals surface area contributed by atoms with E-state index in [0.717, 1.165) is 0 Å². The Kier molecular flexibility index (Phi) is 3.02. The van der Waals surface area contributed by atoms with Crippen LogP contribution in [0.1, 0.15) is 19.4 Å². The molecule has 0 spiro atoms. The number of nitrogens with two attached hydrogens (primary N) is 1. The van der Waals surface area contributed by atoms with Gasteiger partial charge >= 0.3 is 0 Å². The minimum absolute atomic E-state index is 0.263. The van der Waals surface area contributed by atoms with E-state index >= 15 is 0 Å². The van der Waals surface area contributed by atoms with E-state index in [0.29, 0.717) is 5.02 Å². The predicted molar refractivity (Wildman–Crippen MR) is 55.0 cm³/mol. The molecule has 0 saturated heterocycles. The summed E-state index contributed by atoms with van der Waals surface area (Å²) in [6.45, 7) is 3.54. The van der Waals surface area contributed by atoms with E-state index in [9.17, 15) is 4.39 Å². The third-order valence-electron chi connectivity index (χ3n) is 1.80. The molecule has 1 aromatic rings. The third-order valence-corrected chi connectivity index (χ3v) is 2.15. The maximum absolute atomic E-state index is 13.4. The van der Waals surface area contributed by atoms with Crippen molar-refractivity contribution in [3.63, 3.8) is 0 Å². The highest BCUT2D eigenvalue weighted by Crippen LogP contribution is 2.28. The molecule has 0 heterocycles. The molecule has 1 aromatic carbocycles. The van der Waals surface area contributed by atoms with Crippen LogP contribution in [-0.2, 0) is 6.42 Å². The smallest absolute Gasteiger partial charge is 0.169 e. The molecule has 0 aliphatic rings. The lowest BCUT2D eigenvalue weighted by Crippen LogP contribution is -2.34. The fourth-order valence-corrected chi connectivity index (χ4v) is 1.42. The number of aromatic hydroxyl groups is 1. The lowest BCUT2D eigenvalue weighted by atomic mass is 9.95. The van der Waals surface area contributed by atoms with Gasteiger partial charge in [0.1, 0.15) is 0 Å². The first-order valence-electron chi connectivity index (χ1n) is 4.26. The van der Waals surface area contributed by atoms with Gasteiger partial charge in [0.2, 0.25) is 0 Å². The van der Waals surface area contributed by atoms with E-state index in [2.05, 4.69) is 0 Å². The molecule has 3 N–H and O–H groups in total. The van der Waals surface area contributed by atoms with Crippen molar-refractivity contribution in [2.75, 3.05) is 0 Å². The summed E-state index contributed by atoms with van der Waals surface area (Å²) in [5.41, 5.74) is 5.45. The zero-order valence-corrected chi connectivity index (χ0v) is 8.90. The van der Waals surface area contributed by atoms with Gasteiger partial charge in [-0.2, -0.15) is 0 Å². The van der Waals surface area contributed by atoms with Gasteiger partial charge in [-0.05, 0) is 32.4 Å². The van der Waals surface area contributed by atoms with Crippen molar-refractivity contribution in [1.82, 2.24) is 0 Å². The maximum atomic E-state index is 13.4. The minimum Gasteiger partial charge on any atom is -0.505 e. The molecule has 4 heteroatoms. The van der Waals surface area contributed by atoms with E-state index < -0.39 is 17.1 Å². The van der Waals surface area contributed by atoms with Crippen molar-refractivity contribution in [2.45, 2.75) is 25.8 Å². The number of phenolic OH excluding ortho intramolecular Hbond substituents is 1. The van der Waals surface area contributed by atoms with Gasteiger partial charge in [0.25, 0.3) is 0 Å². The molecule has 0 atom stereocenters. The van der Waals surface area contributed by atoms with Crippen LogP contribution in [0.2, 0.25) is 5.02 Å². The Morgan fingerprint density at radius 3 is 2.57 bits per heavy atom. The van der Waals surface area contributed by atoms with E-state index in [-0.39, 0.29) is 12.0 Å². The molecular formula is C10H13ClFNO. The van der Waals surface area contributed by atoms with Gasteiger partial charge < -0.3 is 10.8 Å². The Morgan fingerprint density at radius 2 is 2.07 bits per heavy atom. The highest BCUT2D eigenvalue weighted by atomic mass is 35.5. The van der Waals surface area contributed by atoms with E-state index in [1.54, 1.807) is 13.8 Å². The van der Waals surface area contributed by atoms with Crippen molar-refractivity contribution in [2.24, 2.45) is 5.73 Å². The molecule has 0 amide bonds. The third kappa shape index (κ3) is 2.59. The Bertz CT molecular complexity index is 347. The molecule has 0 saturated carbocycles. The Balaban J connectivity index is 3.13. The summed E-state index contributed by atoms with van der Waals surface area (Å²) in [4.78, 5) is 0. The van der Waals surface area contributed by atoms with Gasteiger partial charge in [-0.1, -0.05) is 11.6 Å². The minimum atomic E-state index is -0.684. The maximum Gasteiger partial charge on any atom is 0.169 e. The van der Waals surface area contributed by atoms with Gasteiger partial charge in [0.15, 0.2) is 11.6 Å². The SMILES string of the molecule is CC(C)(N)Cc1c(Cl)ccc(O)c1F. The molecule has 14 heavy (non-hydrogen) atoms. The lowest BCUT2D eigenvalue weighted by Gasteiger charge is -2.19. The molecule has 0 unspecified atom stereocenters.